The molecule has 0 aliphatic heterocycles. The van der Waals surface area contributed by atoms with E-state index in [9.17, 15) is 5.11 Å². The number of aromatic nitrogens is 1. The van der Waals surface area contributed by atoms with Gasteiger partial charge in [0.2, 0.25) is 0 Å². The van der Waals surface area contributed by atoms with Gasteiger partial charge in [-0.25, -0.2) is 0 Å². The van der Waals surface area contributed by atoms with Gasteiger partial charge in [0, 0.05) is 18.9 Å². The first kappa shape index (κ1) is 8.08. The SMILES string of the molecule is C=CC[C@H](O)c1cccn1C. The van der Waals surface area contributed by atoms with Gasteiger partial charge >= 0.3 is 0 Å². The Hall–Kier alpha value is -1.02. The van der Waals surface area contributed by atoms with E-state index >= 15 is 0 Å². The summed E-state index contributed by atoms with van der Waals surface area (Å²) < 4.78 is 1.91. The lowest BCUT2D eigenvalue weighted by molar-refractivity contribution is 0.173. The van der Waals surface area contributed by atoms with Gasteiger partial charge in [0.05, 0.1) is 6.10 Å². The molecule has 0 aromatic carbocycles. The summed E-state index contributed by atoms with van der Waals surface area (Å²) >= 11 is 0. The summed E-state index contributed by atoms with van der Waals surface area (Å²) in [6.07, 6.45) is 3.84. The average molecular weight is 151 g/mol. The smallest absolute Gasteiger partial charge is 0.0973 e. The lowest BCUT2D eigenvalue weighted by atomic mass is 10.2. The number of aliphatic hydroxyl groups excluding tert-OH is 1. The van der Waals surface area contributed by atoms with Crippen LogP contribution in [0.1, 0.15) is 18.2 Å². The van der Waals surface area contributed by atoms with Gasteiger partial charge in [0.25, 0.3) is 0 Å². The van der Waals surface area contributed by atoms with E-state index in [0.29, 0.717) is 6.42 Å². The van der Waals surface area contributed by atoms with Crippen molar-refractivity contribution in [3.63, 3.8) is 0 Å². The standard InChI is InChI=1S/C9H13NO/c1-3-5-9(11)8-6-4-7-10(8)2/h3-4,6-7,9,11H,1,5H2,2H3/t9-/m0/s1. The fraction of sp³-hybridized carbons (Fsp3) is 0.333. The summed E-state index contributed by atoms with van der Waals surface area (Å²) in [5.74, 6) is 0. The molecule has 0 unspecified atom stereocenters. The molecule has 0 amide bonds. The maximum atomic E-state index is 9.50. The van der Waals surface area contributed by atoms with E-state index in [1.807, 2.05) is 29.9 Å². The van der Waals surface area contributed by atoms with Crippen molar-refractivity contribution in [2.45, 2.75) is 12.5 Å². The van der Waals surface area contributed by atoms with Crippen molar-refractivity contribution in [3.05, 3.63) is 36.7 Å². The van der Waals surface area contributed by atoms with Gasteiger partial charge in [-0.15, -0.1) is 6.58 Å². The third-order valence-electron chi connectivity index (χ3n) is 1.72. The van der Waals surface area contributed by atoms with E-state index in [-0.39, 0.29) is 0 Å². The summed E-state index contributed by atoms with van der Waals surface area (Å²) in [5.41, 5.74) is 0.935. The van der Waals surface area contributed by atoms with Crippen molar-refractivity contribution in [1.29, 1.82) is 0 Å². The predicted molar refractivity (Wildman–Crippen MR) is 45.2 cm³/mol. The Kier molecular flexibility index (Phi) is 2.49. The highest BCUT2D eigenvalue weighted by Gasteiger charge is 2.06. The summed E-state index contributed by atoms with van der Waals surface area (Å²) in [7, 11) is 1.92. The van der Waals surface area contributed by atoms with Crippen LogP contribution in [-0.4, -0.2) is 9.67 Å². The molecule has 0 saturated carbocycles. The largest absolute Gasteiger partial charge is 0.387 e. The molecular formula is C9H13NO. The highest BCUT2D eigenvalue weighted by Crippen LogP contribution is 2.15. The van der Waals surface area contributed by atoms with Crippen molar-refractivity contribution < 1.29 is 5.11 Å². The van der Waals surface area contributed by atoms with Gasteiger partial charge in [-0.2, -0.15) is 0 Å². The predicted octanol–water partition coefficient (Wildman–Crippen LogP) is 1.63. The van der Waals surface area contributed by atoms with Gasteiger partial charge in [-0.3, -0.25) is 0 Å². The normalized spacial score (nSPS) is 12.9. The van der Waals surface area contributed by atoms with E-state index in [4.69, 9.17) is 0 Å². The molecule has 0 bridgehead atoms. The van der Waals surface area contributed by atoms with Gasteiger partial charge in [-0.05, 0) is 18.6 Å². The molecule has 1 aromatic heterocycles. The van der Waals surface area contributed by atoms with Gasteiger partial charge < -0.3 is 9.67 Å². The van der Waals surface area contributed by atoms with Gasteiger partial charge in [-0.1, -0.05) is 6.08 Å². The topological polar surface area (TPSA) is 25.2 Å². The lowest BCUT2D eigenvalue weighted by Crippen LogP contribution is -2.01. The molecule has 1 aromatic rings. The Morgan fingerprint density at radius 3 is 3.00 bits per heavy atom. The molecule has 1 N–H and O–H groups in total. The van der Waals surface area contributed by atoms with Crippen LogP contribution in [0.2, 0.25) is 0 Å². The second kappa shape index (κ2) is 3.39. The second-order valence-corrected chi connectivity index (χ2v) is 2.58. The average Bonchev–Trinajstić information content (AvgIpc) is 2.36. The Morgan fingerprint density at radius 2 is 2.55 bits per heavy atom. The zero-order chi connectivity index (χ0) is 8.27. The Bertz CT molecular complexity index is 239. The number of nitrogens with zero attached hydrogens (tertiary/aromatic N) is 1. The zero-order valence-electron chi connectivity index (χ0n) is 6.70. The highest BCUT2D eigenvalue weighted by molar-refractivity contribution is 5.10. The van der Waals surface area contributed by atoms with Crippen molar-refractivity contribution in [2.75, 3.05) is 0 Å². The second-order valence-electron chi connectivity index (χ2n) is 2.58. The van der Waals surface area contributed by atoms with E-state index in [0.717, 1.165) is 5.69 Å². The van der Waals surface area contributed by atoms with Crippen molar-refractivity contribution in [3.8, 4) is 0 Å². The molecule has 0 aliphatic rings. The van der Waals surface area contributed by atoms with Crippen molar-refractivity contribution in [1.82, 2.24) is 4.57 Å². The van der Waals surface area contributed by atoms with Crippen LogP contribution in [0.4, 0.5) is 0 Å². The molecule has 0 fully saturated rings. The molecule has 0 saturated heterocycles. The highest BCUT2D eigenvalue weighted by atomic mass is 16.3. The van der Waals surface area contributed by atoms with Crippen molar-refractivity contribution in [2.24, 2.45) is 7.05 Å². The third kappa shape index (κ3) is 1.71. The Morgan fingerprint density at radius 1 is 1.82 bits per heavy atom. The van der Waals surface area contributed by atoms with E-state index in [1.165, 1.54) is 0 Å². The maximum Gasteiger partial charge on any atom is 0.0973 e. The first-order valence-corrected chi connectivity index (χ1v) is 3.66. The van der Waals surface area contributed by atoms with E-state index in [1.54, 1.807) is 6.08 Å². The Balaban J connectivity index is 2.74. The van der Waals surface area contributed by atoms with Crippen LogP contribution < -0.4 is 0 Å². The third-order valence-corrected chi connectivity index (χ3v) is 1.72. The number of hydrogen-bond acceptors (Lipinski definition) is 1. The van der Waals surface area contributed by atoms with E-state index < -0.39 is 6.10 Å². The van der Waals surface area contributed by atoms with Crippen LogP contribution in [0.15, 0.2) is 31.0 Å². The minimum Gasteiger partial charge on any atom is -0.387 e. The molecule has 0 spiro atoms. The van der Waals surface area contributed by atoms with Gasteiger partial charge in [0.1, 0.15) is 0 Å². The molecular weight excluding hydrogens is 138 g/mol. The van der Waals surface area contributed by atoms with E-state index in [2.05, 4.69) is 6.58 Å². The molecule has 2 heteroatoms. The van der Waals surface area contributed by atoms with Crippen molar-refractivity contribution >= 4 is 0 Å². The molecule has 60 valence electrons. The summed E-state index contributed by atoms with van der Waals surface area (Å²) in [6.45, 7) is 3.57. The van der Waals surface area contributed by atoms with Crippen LogP contribution in [0.25, 0.3) is 0 Å². The van der Waals surface area contributed by atoms with Crippen LogP contribution >= 0.6 is 0 Å². The van der Waals surface area contributed by atoms with Crippen LogP contribution in [0.3, 0.4) is 0 Å². The fourth-order valence-electron chi connectivity index (χ4n) is 1.10. The molecule has 2 nitrogen and oxygen atoms in total. The lowest BCUT2D eigenvalue weighted by Gasteiger charge is -2.08. The molecule has 1 heterocycles. The first-order chi connectivity index (χ1) is 5.25. The summed E-state index contributed by atoms with van der Waals surface area (Å²) in [4.78, 5) is 0. The molecule has 1 atom stereocenters. The number of aryl methyl sites for hydroxylation is 1. The zero-order valence-corrected chi connectivity index (χ0v) is 6.70. The molecule has 0 radical (unpaired) electrons. The number of aliphatic hydroxyl groups is 1. The summed E-state index contributed by atoms with van der Waals surface area (Å²) in [6, 6.07) is 3.83. The number of hydrogen-bond donors (Lipinski definition) is 1. The van der Waals surface area contributed by atoms with Crippen LogP contribution in [-0.2, 0) is 7.05 Å². The maximum absolute atomic E-state index is 9.50. The monoisotopic (exact) mass is 151 g/mol. The molecule has 1 rings (SSSR count). The van der Waals surface area contributed by atoms with Crippen LogP contribution in [0.5, 0.6) is 0 Å². The first-order valence-electron chi connectivity index (χ1n) is 3.66. The van der Waals surface area contributed by atoms with Gasteiger partial charge in [0.15, 0.2) is 0 Å². The Labute approximate surface area is 66.8 Å². The van der Waals surface area contributed by atoms with Crippen LogP contribution in [0, 0.1) is 0 Å². The minimum absolute atomic E-state index is 0.410. The molecule has 11 heavy (non-hydrogen) atoms. The minimum atomic E-state index is -0.410. The summed E-state index contributed by atoms with van der Waals surface area (Å²) in [5, 5.41) is 9.50. The fourth-order valence-corrected chi connectivity index (χ4v) is 1.10. The number of rotatable bonds is 3. The quantitative estimate of drug-likeness (QED) is 0.653. The molecule has 0 aliphatic carbocycles.